The lowest BCUT2D eigenvalue weighted by atomic mass is 9.81. The Morgan fingerprint density at radius 2 is 2.19 bits per heavy atom. The van der Waals surface area contributed by atoms with Crippen molar-refractivity contribution in [1.29, 1.82) is 0 Å². The van der Waals surface area contributed by atoms with Crippen molar-refractivity contribution in [1.82, 2.24) is 10.6 Å². The molecule has 2 aliphatic heterocycles. The minimum absolute atomic E-state index is 0.255. The van der Waals surface area contributed by atoms with Crippen LogP contribution in [-0.4, -0.2) is 37.7 Å². The zero-order valence-corrected chi connectivity index (χ0v) is 13.3. The molecule has 3 aliphatic rings. The predicted octanol–water partition coefficient (Wildman–Crippen LogP) is 2.09. The van der Waals surface area contributed by atoms with Crippen LogP contribution in [0.2, 0.25) is 0 Å². The Hall–Kier alpha value is -0.610. The first-order valence-corrected chi connectivity index (χ1v) is 8.85. The van der Waals surface area contributed by atoms with Crippen molar-refractivity contribution in [3.05, 3.63) is 0 Å². The summed E-state index contributed by atoms with van der Waals surface area (Å²) in [6.45, 7) is 5.34. The molecule has 3 fully saturated rings. The summed E-state index contributed by atoms with van der Waals surface area (Å²) in [5.41, 5.74) is 0. The standard InChI is InChI=1S/C17H30N2O2/c1-12(13-4-3-8-18-11-13)10-17(20)19-15-5-2-6-16-14(15)7-9-21-16/h12-16,18H,2-11H2,1H3,(H,19,20). The zero-order chi connectivity index (χ0) is 14.7. The average Bonchev–Trinajstić information content (AvgIpc) is 2.97. The summed E-state index contributed by atoms with van der Waals surface area (Å²) in [5.74, 6) is 1.97. The quantitative estimate of drug-likeness (QED) is 0.835. The van der Waals surface area contributed by atoms with Gasteiger partial charge in [-0.1, -0.05) is 6.92 Å². The first-order chi connectivity index (χ1) is 10.2. The van der Waals surface area contributed by atoms with Gasteiger partial charge in [-0.25, -0.2) is 0 Å². The Labute approximate surface area is 128 Å². The lowest BCUT2D eigenvalue weighted by Crippen LogP contribution is -2.46. The largest absolute Gasteiger partial charge is 0.378 e. The van der Waals surface area contributed by atoms with Gasteiger partial charge in [-0.2, -0.15) is 0 Å². The van der Waals surface area contributed by atoms with Crippen LogP contribution in [-0.2, 0) is 9.53 Å². The van der Waals surface area contributed by atoms with E-state index in [2.05, 4.69) is 17.6 Å². The normalized spacial score (nSPS) is 37.8. The molecule has 1 aliphatic carbocycles. The van der Waals surface area contributed by atoms with Gasteiger partial charge in [-0.05, 0) is 63.5 Å². The molecule has 5 atom stereocenters. The van der Waals surface area contributed by atoms with Crippen LogP contribution in [0.4, 0.5) is 0 Å². The number of piperidine rings is 1. The number of hydrogen-bond acceptors (Lipinski definition) is 3. The highest BCUT2D eigenvalue weighted by Crippen LogP contribution is 2.34. The molecule has 2 saturated heterocycles. The average molecular weight is 294 g/mol. The van der Waals surface area contributed by atoms with Crippen LogP contribution in [0.1, 0.15) is 51.9 Å². The van der Waals surface area contributed by atoms with Crippen LogP contribution in [0.15, 0.2) is 0 Å². The van der Waals surface area contributed by atoms with E-state index in [0.29, 0.717) is 36.3 Å². The van der Waals surface area contributed by atoms with E-state index in [9.17, 15) is 4.79 Å². The van der Waals surface area contributed by atoms with Crippen molar-refractivity contribution < 1.29 is 9.53 Å². The van der Waals surface area contributed by atoms with Gasteiger partial charge in [0.05, 0.1) is 6.10 Å². The van der Waals surface area contributed by atoms with Crippen molar-refractivity contribution in [2.45, 2.75) is 64.0 Å². The summed E-state index contributed by atoms with van der Waals surface area (Å²) in [6.07, 6.45) is 8.23. The predicted molar refractivity (Wildman–Crippen MR) is 83.0 cm³/mol. The Balaban J connectivity index is 1.46. The van der Waals surface area contributed by atoms with Crippen LogP contribution in [0.5, 0.6) is 0 Å². The Bertz CT molecular complexity index is 355. The smallest absolute Gasteiger partial charge is 0.220 e. The number of nitrogens with one attached hydrogen (secondary N) is 2. The molecular formula is C17H30N2O2. The third-order valence-electron chi connectivity index (χ3n) is 5.77. The van der Waals surface area contributed by atoms with E-state index in [1.54, 1.807) is 0 Å². The highest BCUT2D eigenvalue weighted by Gasteiger charge is 2.38. The fraction of sp³-hybridized carbons (Fsp3) is 0.941. The van der Waals surface area contributed by atoms with E-state index in [1.807, 2.05) is 0 Å². The monoisotopic (exact) mass is 294 g/mol. The summed E-state index contributed by atoms with van der Waals surface area (Å²) in [4.78, 5) is 12.4. The molecule has 1 amide bonds. The van der Waals surface area contributed by atoms with E-state index in [1.165, 1.54) is 25.7 Å². The molecule has 0 aromatic heterocycles. The molecule has 4 heteroatoms. The second kappa shape index (κ2) is 7.10. The minimum Gasteiger partial charge on any atom is -0.378 e. The molecule has 4 nitrogen and oxygen atoms in total. The fourth-order valence-electron chi connectivity index (χ4n) is 4.44. The van der Waals surface area contributed by atoms with Crippen molar-refractivity contribution >= 4 is 5.91 Å². The van der Waals surface area contributed by atoms with Gasteiger partial charge in [-0.3, -0.25) is 4.79 Å². The molecular weight excluding hydrogens is 264 g/mol. The minimum atomic E-state index is 0.255. The van der Waals surface area contributed by atoms with Gasteiger partial charge in [0, 0.05) is 25.0 Å². The van der Waals surface area contributed by atoms with Gasteiger partial charge in [-0.15, -0.1) is 0 Å². The van der Waals surface area contributed by atoms with E-state index >= 15 is 0 Å². The van der Waals surface area contributed by atoms with Gasteiger partial charge < -0.3 is 15.4 Å². The zero-order valence-electron chi connectivity index (χ0n) is 13.3. The first-order valence-electron chi connectivity index (χ1n) is 8.85. The summed E-state index contributed by atoms with van der Waals surface area (Å²) in [7, 11) is 0. The number of carbonyl (C=O) groups is 1. The van der Waals surface area contributed by atoms with Crippen LogP contribution in [0, 0.1) is 17.8 Å². The Morgan fingerprint density at radius 1 is 1.29 bits per heavy atom. The SMILES string of the molecule is CC(CC(=O)NC1CCCC2OCCC12)C1CCCNC1. The van der Waals surface area contributed by atoms with E-state index in [-0.39, 0.29) is 5.91 Å². The number of fused-ring (bicyclic) bond motifs is 1. The first kappa shape index (κ1) is 15.3. The third kappa shape index (κ3) is 3.78. The topological polar surface area (TPSA) is 50.4 Å². The number of rotatable bonds is 4. The highest BCUT2D eigenvalue weighted by atomic mass is 16.5. The molecule has 0 aromatic carbocycles. The third-order valence-corrected chi connectivity index (χ3v) is 5.77. The van der Waals surface area contributed by atoms with Crippen molar-refractivity contribution in [2.75, 3.05) is 19.7 Å². The van der Waals surface area contributed by atoms with Crippen molar-refractivity contribution in [3.8, 4) is 0 Å². The molecule has 3 rings (SSSR count). The maximum atomic E-state index is 12.4. The molecule has 21 heavy (non-hydrogen) atoms. The molecule has 0 radical (unpaired) electrons. The number of carbonyl (C=O) groups excluding carboxylic acids is 1. The molecule has 5 unspecified atom stereocenters. The van der Waals surface area contributed by atoms with Gasteiger partial charge >= 0.3 is 0 Å². The lowest BCUT2D eigenvalue weighted by Gasteiger charge is -2.34. The molecule has 0 spiro atoms. The molecule has 120 valence electrons. The van der Waals surface area contributed by atoms with Crippen LogP contribution < -0.4 is 10.6 Å². The molecule has 2 N–H and O–H groups in total. The highest BCUT2D eigenvalue weighted by molar-refractivity contribution is 5.76. The van der Waals surface area contributed by atoms with E-state index in [4.69, 9.17) is 4.74 Å². The molecule has 0 aromatic rings. The van der Waals surface area contributed by atoms with Crippen LogP contribution in [0.25, 0.3) is 0 Å². The lowest BCUT2D eigenvalue weighted by molar-refractivity contribution is -0.123. The van der Waals surface area contributed by atoms with Gasteiger partial charge in [0.2, 0.25) is 5.91 Å². The van der Waals surface area contributed by atoms with Crippen molar-refractivity contribution in [2.24, 2.45) is 17.8 Å². The van der Waals surface area contributed by atoms with Gasteiger partial charge in [0.1, 0.15) is 0 Å². The number of amides is 1. The summed E-state index contributed by atoms with van der Waals surface area (Å²) < 4.78 is 5.79. The molecule has 0 bridgehead atoms. The second-order valence-electron chi connectivity index (χ2n) is 7.25. The van der Waals surface area contributed by atoms with E-state index < -0.39 is 0 Å². The summed E-state index contributed by atoms with van der Waals surface area (Å²) in [5, 5.41) is 6.77. The summed E-state index contributed by atoms with van der Waals surface area (Å²) in [6, 6.07) is 0.357. The van der Waals surface area contributed by atoms with Crippen LogP contribution >= 0.6 is 0 Å². The maximum absolute atomic E-state index is 12.4. The van der Waals surface area contributed by atoms with E-state index in [0.717, 1.165) is 32.5 Å². The Kier molecular flexibility index (Phi) is 5.17. The molecule has 1 saturated carbocycles. The van der Waals surface area contributed by atoms with Crippen LogP contribution in [0.3, 0.4) is 0 Å². The maximum Gasteiger partial charge on any atom is 0.220 e. The fourth-order valence-corrected chi connectivity index (χ4v) is 4.44. The van der Waals surface area contributed by atoms with Crippen molar-refractivity contribution in [3.63, 3.8) is 0 Å². The van der Waals surface area contributed by atoms with Gasteiger partial charge in [0.15, 0.2) is 0 Å². The summed E-state index contributed by atoms with van der Waals surface area (Å²) >= 11 is 0. The number of hydrogen-bond donors (Lipinski definition) is 2. The number of ether oxygens (including phenoxy) is 1. The Morgan fingerprint density at radius 3 is 3.00 bits per heavy atom. The second-order valence-corrected chi connectivity index (χ2v) is 7.25. The van der Waals surface area contributed by atoms with Gasteiger partial charge in [0.25, 0.3) is 0 Å². The molecule has 2 heterocycles.